The summed E-state index contributed by atoms with van der Waals surface area (Å²) in [5.41, 5.74) is 1.20. The predicted octanol–water partition coefficient (Wildman–Crippen LogP) is 4.18. The van der Waals surface area contributed by atoms with Crippen molar-refractivity contribution in [2.24, 2.45) is 0 Å². The highest BCUT2D eigenvalue weighted by Gasteiger charge is 2.17. The first kappa shape index (κ1) is 14.6. The third-order valence-corrected chi connectivity index (χ3v) is 3.19. The molecule has 0 saturated carbocycles. The van der Waals surface area contributed by atoms with E-state index in [0.29, 0.717) is 11.1 Å². The first-order chi connectivity index (χ1) is 9.49. The molecule has 0 saturated heterocycles. The monoisotopic (exact) mass is 312 g/mol. The average molecular weight is 313 g/mol. The topological polar surface area (TPSA) is 65.3 Å². The zero-order chi connectivity index (χ0) is 14.7. The first-order valence-electron chi connectivity index (χ1n) is 5.66. The van der Waals surface area contributed by atoms with Crippen LogP contribution < -0.4 is 4.74 Å². The lowest BCUT2D eigenvalue weighted by Crippen LogP contribution is -2.02. The van der Waals surface area contributed by atoms with Gasteiger partial charge in [-0.25, -0.2) is 4.98 Å². The summed E-state index contributed by atoms with van der Waals surface area (Å²) in [6.07, 6.45) is 0. The molecule has 0 fully saturated rings. The number of halogens is 2. The summed E-state index contributed by atoms with van der Waals surface area (Å²) in [7, 11) is 0. The molecule has 0 amide bonds. The lowest BCUT2D eigenvalue weighted by atomic mass is 10.2. The number of para-hydroxylation sites is 1. The van der Waals surface area contributed by atoms with Gasteiger partial charge < -0.3 is 4.74 Å². The molecule has 2 rings (SSSR count). The normalized spacial score (nSPS) is 10.3. The van der Waals surface area contributed by atoms with Crippen LogP contribution in [0.5, 0.6) is 5.75 Å². The molecule has 0 aliphatic heterocycles. The zero-order valence-corrected chi connectivity index (χ0v) is 12.0. The Morgan fingerprint density at radius 2 is 2.05 bits per heavy atom. The van der Waals surface area contributed by atoms with Crippen LogP contribution in [0.4, 0.5) is 5.69 Å². The Morgan fingerprint density at radius 1 is 1.30 bits per heavy atom. The summed E-state index contributed by atoms with van der Waals surface area (Å²) < 4.78 is 5.53. The number of hydrogen-bond acceptors (Lipinski definition) is 4. The van der Waals surface area contributed by atoms with Gasteiger partial charge in [0.05, 0.1) is 4.92 Å². The maximum atomic E-state index is 11.0. The highest BCUT2D eigenvalue weighted by atomic mass is 35.5. The average Bonchev–Trinajstić information content (AvgIpc) is 2.38. The summed E-state index contributed by atoms with van der Waals surface area (Å²) in [4.78, 5) is 14.4. The van der Waals surface area contributed by atoms with Gasteiger partial charge >= 0.3 is 5.69 Å². The number of ether oxygens (including phenoxy) is 1. The quantitative estimate of drug-likeness (QED) is 0.482. The second kappa shape index (κ2) is 6.07. The summed E-state index contributed by atoms with van der Waals surface area (Å²) >= 11 is 11.6. The number of pyridine rings is 1. The molecule has 0 unspecified atom stereocenters. The second-order valence-electron chi connectivity index (χ2n) is 4.05. The van der Waals surface area contributed by atoms with E-state index in [4.69, 9.17) is 27.9 Å². The maximum absolute atomic E-state index is 11.0. The SMILES string of the molecule is Cc1cccc([N+](=O)[O-])c1OCc1ccc(Cl)nc1Cl. The molecule has 0 N–H and O–H groups in total. The molecular weight excluding hydrogens is 303 g/mol. The standard InChI is InChI=1S/C13H10Cl2N2O3/c1-8-3-2-4-10(17(18)19)12(8)20-7-9-5-6-11(14)16-13(9)15/h2-6H,7H2,1H3. The largest absolute Gasteiger partial charge is 0.482 e. The Bertz CT molecular complexity index is 662. The van der Waals surface area contributed by atoms with E-state index in [-0.39, 0.29) is 28.3 Å². The fourth-order valence-corrected chi connectivity index (χ4v) is 2.07. The van der Waals surface area contributed by atoms with Crippen LogP contribution in [-0.4, -0.2) is 9.91 Å². The van der Waals surface area contributed by atoms with E-state index >= 15 is 0 Å². The van der Waals surface area contributed by atoms with Gasteiger partial charge in [-0.3, -0.25) is 10.1 Å². The van der Waals surface area contributed by atoms with Gasteiger partial charge in [0.15, 0.2) is 5.75 Å². The number of rotatable bonds is 4. The van der Waals surface area contributed by atoms with Crippen molar-refractivity contribution in [3.63, 3.8) is 0 Å². The van der Waals surface area contributed by atoms with Gasteiger partial charge in [0, 0.05) is 11.6 Å². The van der Waals surface area contributed by atoms with Gasteiger partial charge in [0.25, 0.3) is 0 Å². The Morgan fingerprint density at radius 3 is 2.70 bits per heavy atom. The van der Waals surface area contributed by atoms with E-state index in [1.54, 1.807) is 31.2 Å². The van der Waals surface area contributed by atoms with Crippen molar-refractivity contribution in [1.29, 1.82) is 0 Å². The number of aryl methyl sites for hydroxylation is 1. The van der Waals surface area contributed by atoms with Crippen LogP contribution >= 0.6 is 23.2 Å². The van der Waals surface area contributed by atoms with Crippen LogP contribution in [0, 0.1) is 17.0 Å². The fraction of sp³-hybridized carbons (Fsp3) is 0.154. The van der Waals surface area contributed by atoms with Crippen molar-refractivity contribution in [1.82, 2.24) is 4.98 Å². The predicted molar refractivity (Wildman–Crippen MR) is 76.4 cm³/mol. The van der Waals surface area contributed by atoms with Gasteiger partial charge in [-0.15, -0.1) is 0 Å². The molecule has 0 atom stereocenters. The van der Waals surface area contributed by atoms with E-state index in [1.807, 2.05) is 0 Å². The molecule has 1 aromatic heterocycles. The highest BCUT2D eigenvalue weighted by Crippen LogP contribution is 2.31. The Kier molecular flexibility index (Phi) is 4.42. The van der Waals surface area contributed by atoms with E-state index in [1.165, 1.54) is 6.07 Å². The third-order valence-electron chi connectivity index (χ3n) is 2.65. The molecule has 5 nitrogen and oxygen atoms in total. The number of nitro benzene ring substituents is 1. The van der Waals surface area contributed by atoms with Crippen LogP contribution in [0.3, 0.4) is 0 Å². The third kappa shape index (κ3) is 3.18. The minimum Gasteiger partial charge on any atom is -0.482 e. The maximum Gasteiger partial charge on any atom is 0.311 e. The summed E-state index contributed by atoms with van der Waals surface area (Å²) in [5, 5.41) is 11.5. The van der Waals surface area contributed by atoms with Crippen LogP contribution in [0.25, 0.3) is 0 Å². The molecule has 2 aromatic rings. The Labute approximate surface area is 125 Å². The van der Waals surface area contributed by atoms with Crippen molar-refractivity contribution in [2.45, 2.75) is 13.5 Å². The van der Waals surface area contributed by atoms with Gasteiger partial charge in [-0.1, -0.05) is 35.3 Å². The zero-order valence-electron chi connectivity index (χ0n) is 10.5. The molecule has 0 aliphatic carbocycles. The molecule has 1 heterocycles. The number of benzene rings is 1. The van der Waals surface area contributed by atoms with Crippen LogP contribution in [0.15, 0.2) is 30.3 Å². The molecule has 0 bridgehead atoms. The first-order valence-corrected chi connectivity index (χ1v) is 6.42. The van der Waals surface area contributed by atoms with Gasteiger partial charge in [-0.2, -0.15) is 0 Å². The van der Waals surface area contributed by atoms with Crippen LogP contribution in [-0.2, 0) is 6.61 Å². The number of nitro groups is 1. The van der Waals surface area contributed by atoms with Gasteiger partial charge in [-0.05, 0) is 24.6 Å². The van der Waals surface area contributed by atoms with E-state index in [9.17, 15) is 10.1 Å². The second-order valence-corrected chi connectivity index (χ2v) is 4.80. The number of nitrogens with zero attached hydrogens (tertiary/aromatic N) is 2. The van der Waals surface area contributed by atoms with Crippen molar-refractivity contribution in [2.75, 3.05) is 0 Å². The molecule has 104 valence electrons. The lowest BCUT2D eigenvalue weighted by molar-refractivity contribution is -0.386. The molecule has 20 heavy (non-hydrogen) atoms. The Hall–Kier alpha value is -1.85. The van der Waals surface area contributed by atoms with Crippen molar-refractivity contribution < 1.29 is 9.66 Å². The smallest absolute Gasteiger partial charge is 0.311 e. The highest BCUT2D eigenvalue weighted by molar-refractivity contribution is 6.32. The molecule has 0 spiro atoms. The summed E-state index contributed by atoms with van der Waals surface area (Å²) in [6, 6.07) is 7.99. The number of aromatic nitrogens is 1. The van der Waals surface area contributed by atoms with E-state index < -0.39 is 4.92 Å². The minimum atomic E-state index is -0.482. The minimum absolute atomic E-state index is 0.0781. The fourth-order valence-electron chi connectivity index (χ4n) is 1.67. The molecule has 7 heteroatoms. The summed E-state index contributed by atoms with van der Waals surface area (Å²) in [5.74, 6) is 0.225. The number of hydrogen-bond donors (Lipinski definition) is 0. The summed E-state index contributed by atoms with van der Waals surface area (Å²) in [6.45, 7) is 1.82. The van der Waals surface area contributed by atoms with E-state index in [2.05, 4.69) is 4.98 Å². The van der Waals surface area contributed by atoms with Crippen molar-refractivity contribution in [3.05, 3.63) is 61.9 Å². The molecule has 0 radical (unpaired) electrons. The van der Waals surface area contributed by atoms with Crippen molar-refractivity contribution in [3.8, 4) is 5.75 Å². The van der Waals surface area contributed by atoms with Gasteiger partial charge in [0.1, 0.15) is 16.9 Å². The molecule has 1 aromatic carbocycles. The van der Waals surface area contributed by atoms with E-state index in [0.717, 1.165) is 0 Å². The molecule has 0 aliphatic rings. The lowest BCUT2D eigenvalue weighted by Gasteiger charge is -2.10. The molecular formula is C13H10Cl2N2O3. The van der Waals surface area contributed by atoms with Gasteiger partial charge in [0.2, 0.25) is 0 Å². The van der Waals surface area contributed by atoms with Crippen LogP contribution in [0.1, 0.15) is 11.1 Å². The van der Waals surface area contributed by atoms with Crippen molar-refractivity contribution >= 4 is 28.9 Å². The Balaban J connectivity index is 2.25. The van der Waals surface area contributed by atoms with Crippen LogP contribution in [0.2, 0.25) is 10.3 Å².